The number of carbonyl (C=O) groups excluding carboxylic acids is 3. The Kier molecular flexibility index (Phi) is 21.8. The molecule has 0 aromatic rings. The van der Waals surface area contributed by atoms with Gasteiger partial charge < -0.3 is 150 Å². The highest BCUT2D eigenvalue weighted by Gasteiger charge is 2.56. The van der Waals surface area contributed by atoms with E-state index in [-0.39, 0.29) is 0 Å². The van der Waals surface area contributed by atoms with E-state index in [1.165, 1.54) is 6.92 Å². The monoisotopic (exact) mass is 1100 g/mol. The molecule has 6 aliphatic heterocycles. The lowest BCUT2D eigenvalue weighted by atomic mass is 9.94. The molecule has 434 valence electrons. The van der Waals surface area contributed by atoms with Crippen LogP contribution in [0.5, 0.6) is 0 Å². The SMILES string of the molecule is CC(=O)N[C@@H]1[C@@H](O)[C@H](O[C@@H]2O[C@H](CO)[C@@H](O[C@@H]3O[C@H](CO[C@H]4O[C@H](CO)[C@@H](O)[C@H](O)[C@@H]4O[C@@H]4O[C@H](CO)[C@@H](O)[C@H](O)[C@H]4NC(C)=O)[C@@H](O)[C@H](O)[C@@H]3O)[C@H](O)[C@H]2NC(C)=O)[C@@H](CO[C@@H]2O[C@@H](C)[C@@H](O)[C@@H](O)[C@@H]2O)O[C@H]1O. The van der Waals surface area contributed by atoms with E-state index in [0.29, 0.717) is 0 Å². The Labute approximate surface area is 426 Å². The van der Waals surface area contributed by atoms with E-state index < -0.39 is 235 Å². The number of ether oxygens (including phenoxy) is 11. The standard InChI is InChI=1S/C42H71N3O30/c1-10-22(52)29(59)32(62)40(67-10)65-9-18-35(27(57)19(37(64)68-18)43-11(2)49)73-39-21(45-13(4)51)28(58)34(16(7-48)71-39)74-41-33(63)30(60)25(55)17(72-41)8-66-42-36(31(61)24(54)15(6-47)70-42)75-38-20(44-12(3)50)26(56)23(53)14(5-46)69-38/h10,14-42,46-48,52-64H,5-9H2,1-4H3,(H,43,49)(H,44,50)(H,45,51)/t10-,14+,15+,16+,17+,18+,19+,20+,21+,22+,23+,24+,25+,26+,27+,28+,29+,30-,31-,32-,33-,34+,35+,36-,37+,38-,39-,40+,41-,42-/m0/s1. The Balaban J connectivity index is 1.20. The Morgan fingerprint density at radius 2 is 0.773 bits per heavy atom. The molecule has 3 amide bonds. The Morgan fingerprint density at radius 1 is 0.373 bits per heavy atom. The zero-order chi connectivity index (χ0) is 55.5. The summed E-state index contributed by atoms with van der Waals surface area (Å²) in [7, 11) is 0. The van der Waals surface area contributed by atoms with Gasteiger partial charge in [0.2, 0.25) is 17.7 Å². The van der Waals surface area contributed by atoms with Gasteiger partial charge >= 0.3 is 0 Å². The second kappa shape index (κ2) is 26.5. The predicted octanol–water partition coefficient (Wildman–Crippen LogP) is -12.6. The summed E-state index contributed by atoms with van der Waals surface area (Å²) in [6, 6.07) is -4.92. The first-order chi connectivity index (χ1) is 35.3. The van der Waals surface area contributed by atoms with Gasteiger partial charge in [0.15, 0.2) is 37.7 Å². The summed E-state index contributed by atoms with van der Waals surface area (Å²) in [5, 5.41) is 179. The molecule has 0 unspecified atom stereocenters. The molecule has 30 atom stereocenters. The number of hydrogen-bond donors (Lipinski definition) is 19. The molecule has 6 fully saturated rings. The van der Waals surface area contributed by atoms with Crippen LogP contribution in [0.15, 0.2) is 0 Å². The first kappa shape index (κ1) is 61.5. The molecule has 6 aliphatic rings. The van der Waals surface area contributed by atoms with Gasteiger partial charge in [0, 0.05) is 20.8 Å². The van der Waals surface area contributed by atoms with Crippen LogP contribution in [0.25, 0.3) is 0 Å². The van der Waals surface area contributed by atoms with Crippen molar-refractivity contribution in [2.45, 2.75) is 212 Å². The van der Waals surface area contributed by atoms with E-state index in [1.54, 1.807) is 0 Å². The number of carbonyl (C=O) groups is 3. The molecule has 6 heterocycles. The van der Waals surface area contributed by atoms with Gasteiger partial charge in [0.1, 0.15) is 140 Å². The third-order valence-electron chi connectivity index (χ3n) is 13.6. The number of rotatable bonds is 18. The van der Waals surface area contributed by atoms with E-state index in [1.807, 2.05) is 0 Å². The summed E-state index contributed by atoms with van der Waals surface area (Å²) >= 11 is 0. The summed E-state index contributed by atoms with van der Waals surface area (Å²) in [5.41, 5.74) is 0. The van der Waals surface area contributed by atoms with Crippen LogP contribution in [0.4, 0.5) is 0 Å². The van der Waals surface area contributed by atoms with Crippen molar-refractivity contribution in [2.75, 3.05) is 33.0 Å². The highest BCUT2D eigenvalue weighted by molar-refractivity contribution is 5.74. The molecule has 19 N–H and O–H groups in total. The van der Waals surface area contributed by atoms with Gasteiger partial charge in [-0.05, 0) is 6.92 Å². The quantitative estimate of drug-likeness (QED) is 0.0606. The average molecular weight is 1100 g/mol. The molecular weight excluding hydrogens is 1030 g/mol. The van der Waals surface area contributed by atoms with Gasteiger partial charge in [-0.3, -0.25) is 14.4 Å². The van der Waals surface area contributed by atoms with Crippen LogP contribution in [0.2, 0.25) is 0 Å². The first-order valence-electron chi connectivity index (χ1n) is 23.9. The Bertz CT molecular complexity index is 1850. The number of nitrogens with one attached hydrogen (secondary N) is 3. The van der Waals surface area contributed by atoms with Gasteiger partial charge in [-0.25, -0.2) is 0 Å². The molecule has 33 nitrogen and oxygen atoms in total. The summed E-state index contributed by atoms with van der Waals surface area (Å²) in [4.78, 5) is 36.8. The van der Waals surface area contributed by atoms with Crippen molar-refractivity contribution in [2.24, 2.45) is 0 Å². The molecule has 0 aliphatic carbocycles. The van der Waals surface area contributed by atoms with Crippen molar-refractivity contribution in [3.63, 3.8) is 0 Å². The fraction of sp³-hybridized carbons (Fsp3) is 0.929. The van der Waals surface area contributed by atoms with Gasteiger partial charge in [-0.15, -0.1) is 0 Å². The van der Waals surface area contributed by atoms with Crippen LogP contribution in [0.3, 0.4) is 0 Å². The number of aliphatic hydroxyl groups excluding tert-OH is 16. The third kappa shape index (κ3) is 13.9. The lowest BCUT2D eigenvalue weighted by molar-refractivity contribution is -0.374. The molecule has 0 radical (unpaired) electrons. The van der Waals surface area contributed by atoms with Crippen molar-refractivity contribution in [3.05, 3.63) is 0 Å². The zero-order valence-corrected chi connectivity index (χ0v) is 40.7. The minimum absolute atomic E-state index is 0.715. The second-order valence-electron chi connectivity index (χ2n) is 19.0. The van der Waals surface area contributed by atoms with Gasteiger partial charge in [0.05, 0.1) is 39.1 Å². The van der Waals surface area contributed by atoms with Crippen molar-refractivity contribution >= 4 is 17.7 Å². The van der Waals surface area contributed by atoms with E-state index >= 15 is 0 Å². The van der Waals surface area contributed by atoms with E-state index in [2.05, 4.69) is 16.0 Å². The lowest BCUT2D eigenvalue weighted by Gasteiger charge is -2.49. The fourth-order valence-electron chi connectivity index (χ4n) is 9.45. The molecule has 0 spiro atoms. The van der Waals surface area contributed by atoms with Crippen molar-refractivity contribution in [1.29, 1.82) is 0 Å². The van der Waals surface area contributed by atoms with Crippen LogP contribution >= 0.6 is 0 Å². The van der Waals surface area contributed by atoms with E-state index in [4.69, 9.17) is 52.1 Å². The van der Waals surface area contributed by atoms with Crippen LogP contribution in [-0.4, -0.2) is 317 Å². The Hall–Kier alpha value is -2.67. The van der Waals surface area contributed by atoms with Crippen LogP contribution in [0.1, 0.15) is 27.7 Å². The Morgan fingerprint density at radius 3 is 1.35 bits per heavy atom. The smallest absolute Gasteiger partial charge is 0.217 e. The molecule has 6 saturated heterocycles. The summed E-state index contributed by atoms with van der Waals surface area (Å²) < 4.78 is 63.4. The van der Waals surface area contributed by atoms with Crippen LogP contribution in [0, 0.1) is 0 Å². The maximum Gasteiger partial charge on any atom is 0.217 e. The second-order valence-corrected chi connectivity index (χ2v) is 19.0. The largest absolute Gasteiger partial charge is 0.394 e. The topological polar surface area (TPSA) is 513 Å². The molecule has 0 bridgehead atoms. The molecule has 75 heavy (non-hydrogen) atoms. The highest BCUT2D eigenvalue weighted by Crippen LogP contribution is 2.35. The van der Waals surface area contributed by atoms with E-state index in [0.717, 1.165) is 20.8 Å². The minimum Gasteiger partial charge on any atom is -0.394 e. The van der Waals surface area contributed by atoms with Crippen LogP contribution < -0.4 is 16.0 Å². The third-order valence-corrected chi connectivity index (χ3v) is 13.6. The molecule has 0 aromatic heterocycles. The number of aliphatic hydroxyl groups is 16. The van der Waals surface area contributed by atoms with Crippen molar-refractivity contribution in [1.82, 2.24) is 16.0 Å². The van der Waals surface area contributed by atoms with Gasteiger partial charge in [-0.1, -0.05) is 0 Å². The first-order valence-corrected chi connectivity index (χ1v) is 23.9. The predicted molar refractivity (Wildman–Crippen MR) is 233 cm³/mol. The zero-order valence-electron chi connectivity index (χ0n) is 40.7. The number of hydrogen-bond acceptors (Lipinski definition) is 30. The average Bonchev–Trinajstić information content (AvgIpc) is 3.36. The van der Waals surface area contributed by atoms with Crippen molar-refractivity contribution < 1.29 is 148 Å². The molecule has 0 saturated carbocycles. The lowest BCUT2D eigenvalue weighted by Crippen LogP contribution is -2.70. The maximum atomic E-state index is 12.6. The minimum atomic E-state index is -2.16. The maximum absolute atomic E-state index is 12.6. The molecular formula is C42H71N3O30. The summed E-state index contributed by atoms with van der Waals surface area (Å²) in [6.45, 7) is 0.105. The van der Waals surface area contributed by atoms with Gasteiger partial charge in [0.25, 0.3) is 0 Å². The van der Waals surface area contributed by atoms with Gasteiger partial charge in [-0.2, -0.15) is 0 Å². The summed E-state index contributed by atoms with van der Waals surface area (Å²) in [5.74, 6) is -2.31. The molecule has 0 aromatic carbocycles. The molecule has 6 rings (SSSR count). The summed E-state index contributed by atoms with van der Waals surface area (Å²) in [6.07, 6.45) is -48.7. The highest BCUT2D eigenvalue weighted by atomic mass is 16.8. The van der Waals surface area contributed by atoms with Crippen LogP contribution in [-0.2, 0) is 66.5 Å². The molecule has 33 heteroatoms. The van der Waals surface area contributed by atoms with Crippen molar-refractivity contribution in [3.8, 4) is 0 Å². The normalized spacial score (nSPS) is 48.6. The number of amides is 3. The fourth-order valence-corrected chi connectivity index (χ4v) is 9.45. The van der Waals surface area contributed by atoms with E-state index in [9.17, 15) is 96.1 Å².